The minimum absolute atomic E-state index is 0.255. The molecule has 0 aliphatic rings. The van der Waals surface area contributed by atoms with Crippen molar-refractivity contribution in [3.05, 3.63) is 16.6 Å². The number of rotatable bonds is 6. The van der Waals surface area contributed by atoms with E-state index < -0.39 is 0 Å². The molecule has 4 heteroatoms. The van der Waals surface area contributed by atoms with Crippen molar-refractivity contribution in [2.24, 2.45) is 0 Å². The van der Waals surface area contributed by atoms with Crippen LogP contribution in [0, 0.1) is 0 Å². The topological polar surface area (TPSA) is 34.1 Å². The Morgan fingerprint density at radius 2 is 2.54 bits per heavy atom. The summed E-state index contributed by atoms with van der Waals surface area (Å²) in [6, 6.07) is 0.255. The molecule has 1 N–H and O–H groups in total. The van der Waals surface area contributed by atoms with Gasteiger partial charge in [-0.1, -0.05) is 6.92 Å². The molecule has 0 bridgehead atoms. The summed E-state index contributed by atoms with van der Waals surface area (Å²) < 4.78 is 5.13. The Labute approximate surface area is 83.1 Å². The molecule has 1 rings (SSSR count). The van der Waals surface area contributed by atoms with Crippen molar-refractivity contribution in [2.45, 2.75) is 19.4 Å². The second-order valence-corrected chi connectivity index (χ2v) is 3.76. The lowest BCUT2D eigenvalue weighted by molar-refractivity contribution is 0.167. The van der Waals surface area contributed by atoms with Crippen LogP contribution in [0.1, 0.15) is 24.4 Å². The molecule has 0 amide bonds. The van der Waals surface area contributed by atoms with Gasteiger partial charge >= 0.3 is 0 Å². The van der Waals surface area contributed by atoms with Crippen molar-refractivity contribution in [1.82, 2.24) is 10.3 Å². The SMILES string of the molecule is CCCNC(COC)c1nccs1. The monoisotopic (exact) mass is 200 g/mol. The summed E-state index contributed by atoms with van der Waals surface area (Å²) in [5.74, 6) is 0. The van der Waals surface area contributed by atoms with E-state index in [4.69, 9.17) is 4.74 Å². The van der Waals surface area contributed by atoms with Crippen LogP contribution < -0.4 is 5.32 Å². The van der Waals surface area contributed by atoms with Gasteiger partial charge in [-0.2, -0.15) is 0 Å². The number of hydrogen-bond acceptors (Lipinski definition) is 4. The summed E-state index contributed by atoms with van der Waals surface area (Å²) >= 11 is 1.67. The molecule has 13 heavy (non-hydrogen) atoms. The molecule has 74 valence electrons. The number of nitrogens with one attached hydrogen (secondary N) is 1. The van der Waals surface area contributed by atoms with Crippen molar-refractivity contribution < 1.29 is 4.74 Å². The predicted molar refractivity (Wildman–Crippen MR) is 55.0 cm³/mol. The molecule has 0 fully saturated rings. The Morgan fingerprint density at radius 1 is 1.69 bits per heavy atom. The average molecular weight is 200 g/mol. The van der Waals surface area contributed by atoms with Crippen molar-refractivity contribution >= 4 is 11.3 Å². The number of hydrogen-bond donors (Lipinski definition) is 1. The fourth-order valence-corrected chi connectivity index (χ4v) is 1.81. The maximum absolute atomic E-state index is 5.13. The molecule has 0 aromatic carbocycles. The standard InChI is InChI=1S/C9H16N2OS/c1-3-4-10-8(7-12-2)9-11-5-6-13-9/h5-6,8,10H,3-4,7H2,1-2H3. The zero-order chi connectivity index (χ0) is 9.52. The largest absolute Gasteiger partial charge is 0.383 e. The first-order chi connectivity index (χ1) is 6.38. The van der Waals surface area contributed by atoms with Crippen LogP contribution in [0.2, 0.25) is 0 Å². The maximum atomic E-state index is 5.13. The first-order valence-electron chi connectivity index (χ1n) is 4.50. The van der Waals surface area contributed by atoms with Crippen LogP contribution in [0.4, 0.5) is 0 Å². The first kappa shape index (κ1) is 10.6. The molecule has 0 spiro atoms. The van der Waals surface area contributed by atoms with E-state index in [-0.39, 0.29) is 6.04 Å². The van der Waals surface area contributed by atoms with E-state index in [1.54, 1.807) is 18.4 Å². The zero-order valence-corrected chi connectivity index (χ0v) is 8.93. The Bertz CT molecular complexity index is 213. The summed E-state index contributed by atoms with van der Waals surface area (Å²) in [5, 5.41) is 6.49. The lowest BCUT2D eigenvalue weighted by atomic mass is 10.3. The maximum Gasteiger partial charge on any atom is 0.112 e. The molecular weight excluding hydrogens is 184 g/mol. The average Bonchev–Trinajstić information content (AvgIpc) is 2.65. The summed E-state index contributed by atoms with van der Waals surface area (Å²) in [5.41, 5.74) is 0. The lowest BCUT2D eigenvalue weighted by Crippen LogP contribution is -2.25. The highest BCUT2D eigenvalue weighted by Crippen LogP contribution is 2.15. The van der Waals surface area contributed by atoms with E-state index in [1.165, 1.54) is 0 Å². The summed E-state index contributed by atoms with van der Waals surface area (Å²) in [6.07, 6.45) is 2.96. The summed E-state index contributed by atoms with van der Waals surface area (Å²) in [4.78, 5) is 4.26. The molecule has 1 atom stereocenters. The normalized spacial score (nSPS) is 13.1. The molecular formula is C9H16N2OS. The van der Waals surface area contributed by atoms with E-state index in [0.29, 0.717) is 6.61 Å². The van der Waals surface area contributed by atoms with Crippen LogP contribution >= 0.6 is 11.3 Å². The fourth-order valence-electron chi connectivity index (χ4n) is 1.11. The van der Waals surface area contributed by atoms with Crippen LogP contribution in [0.15, 0.2) is 11.6 Å². The zero-order valence-electron chi connectivity index (χ0n) is 8.12. The highest BCUT2D eigenvalue weighted by Gasteiger charge is 2.11. The van der Waals surface area contributed by atoms with Crippen LogP contribution in [0.5, 0.6) is 0 Å². The molecule has 0 saturated heterocycles. The molecule has 1 aromatic heterocycles. The molecule has 1 unspecified atom stereocenters. The number of ether oxygens (including phenoxy) is 1. The third-order valence-corrected chi connectivity index (χ3v) is 2.61. The van der Waals surface area contributed by atoms with E-state index in [0.717, 1.165) is 18.0 Å². The molecule has 3 nitrogen and oxygen atoms in total. The number of aromatic nitrogens is 1. The van der Waals surface area contributed by atoms with Crippen molar-refractivity contribution in [3.63, 3.8) is 0 Å². The van der Waals surface area contributed by atoms with Gasteiger partial charge in [0.15, 0.2) is 0 Å². The van der Waals surface area contributed by atoms with E-state index in [2.05, 4.69) is 17.2 Å². The van der Waals surface area contributed by atoms with Gasteiger partial charge in [0, 0.05) is 18.7 Å². The van der Waals surface area contributed by atoms with Gasteiger partial charge in [-0.15, -0.1) is 11.3 Å². The van der Waals surface area contributed by atoms with Gasteiger partial charge in [-0.25, -0.2) is 4.98 Å². The summed E-state index contributed by atoms with van der Waals surface area (Å²) in [6.45, 7) is 3.85. The van der Waals surface area contributed by atoms with Crippen molar-refractivity contribution in [2.75, 3.05) is 20.3 Å². The molecule has 0 aliphatic carbocycles. The number of nitrogens with zero attached hydrogens (tertiary/aromatic N) is 1. The van der Waals surface area contributed by atoms with Gasteiger partial charge in [0.25, 0.3) is 0 Å². The van der Waals surface area contributed by atoms with Gasteiger partial charge in [0.2, 0.25) is 0 Å². The minimum atomic E-state index is 0.255. The molecule has 1 aromatic rings. The Kier molecular flexibility index (Phi) is 4.97. The summed E-state index contributed by atoms with van der Waals surface area (Å²) in [7, 11) is 1.72. The van der Waals surface area contributed by atoms with Gasteiger partial charge < -0.3 is 10.1 Å². The van der Waals surface area contributed by atoms with Crippen molar-refractivity contribution in [1.29, 1.82) is 0 Å². The minimum Gasteiger partial charge on any atom is -0.383 e. The van der Waals surface area contributed by atoms with Gasteiger partial charge in [-0.3, -0.25) is 0 Å². The van der Waals surface area contributed by atoms with Crippen LogP contribution in [0.25, 0.3) is 0 Å². The molecule has 1 heterocycles. The third-order valence-electron chi connectivity index (χ3n) is 1.72. The second kappa shape index (κ2) is 6.07. The highest BCUT2D eigenvalue weighted by atomic mass is 32.1. The lowest BCUT2D eigenvalue weighted by Gasteiger charge is -2.14. The number of methoxy groups -OCH3 is 1. The van der Waals surface area contributed by atoms with Gasteiger partial charge in [0.05, 0.1) is 12.6 Å². The quantitative estimate of drug-likeness (QED) is 0.760. The highest BCUT2D eigenvalue weighted by molar-refractivity contribution is 7.09. The second-order valence-electron chi connectivity index (χ2n) is 2.83. The first-order valence-corrected chi connectivity index (χ1v) is 5.38. The van der Waals surface area contributed by atoms with Crippen LogP contribution in [0.3, 0.4) is 0 Å². The van der Waals surface area contributed by atoms with Gasteiger partial charge in [0.1, 0.15) is 5.01 Å². The Balaban J connectivity index is 2.47. The molecule has 0 radical (unpaired) electrons. The predicted octanol–water partition coefficient (Wildman–Crippen LogP) is 1.83. The van der Waals surface area contributed by atoms with Crippen LogP contribution in [-0.2, 0) is 4.74 Å². The van der Waals surface area contributed by atoms with E-state index >= 15 is 0 Å². The smallest absolute Gasteiger partial charge is 0.112 e. The Hall–Kier alpha value is -0.450. The molecule has 0 saturated carbocycles. The van der Waals surface area contributed by atoms with Crippen LogP contribution in [-0.4, -0.2) is 25.2 Å². The fraction of sp³-hybridized carbons (Fsp3) is 0.667. The van der Waals surface area contributed by atoms with E-state index in [9.17, 15) is 0 Å². The molecule has 0 aliphatic heterocycles. The Morgan fingerprint density at radius 3 is 3.08 bits per heavy atom. The van der Waals surface area contributed by atoms with Crippen molar-refractivity contribution in [3.8, 4) is 0 Å². The van der Waals surface area contributed by atoms with Gasteiger partial charge in [-0.05, 0) is 13.0 Å². The number of thiazole rings is 1. The third kappa shape index (κ3) is 3.42. The van der Waals surface area contributed by atoms with E-state index in [1.807, 2.05) is 11.6 Å².